The number of amides is 1. The predicted octanol–water partition coefficient (Wildman–Crippen LogP) is 2.25. The Labute approximate surface area is 158 Å². The average molecular weight is 387 g/mol. The second-order valence-electron chi connectivity index (χ2n) is 8.28. The second-order valence-corrected chi connectivity index (χ2v) is 10.3. The van der Waals surface area contributed by atoms with E-state index in [1.807, 2.05) is 0 Å². The molecule has 3 rings (SSSR count). The number of carbonyl (C=O) groups excluding carboxylic acids is 1. The zero-order valence-electron chi connectivity index (χ0n) is 16.3. The first-order chi connectivity index (χ1) is 12.4. The van der Waals surface area contributed by atoms with Gasteiger partial charge in [-0.15, -0.1) is 0 Å². The number of rotatable bonds is 8. The summed E-state index contributed by atoms with van der Waals surface area (Å²) in [6, 6.07) is -0.198. The summed E-state index contributed by atoms with van der Waals surface area (Å²) in [6.45, 7) is 4.48. The lowest BCUT2D eigenvalue weighted by Crippen LogP contribution is -2.63. The highest BCUT2D eigenvalue weighted by Gasteiger charge is 2.56. The number of carbonyl (C=O) groups is 1. The first-order valence-electron chi connectivity index (χ1n) is 10.2. The smallest absolute Gasteiger partial charge is 0.230 e. The third-order valence-corrected chi connectivity index (χ3v) is 8.27. The number of ether oxygens (including phenoxy) is 1. The summed E-state index contributed by atoms with van der Waals surface area (Å²) in [6.07, 6.45) is 7.49. The van der Waals surface area contributed by atoms with Crippen LogP contribution in [0.2, 0.25) is 0 Å². The normalized spacial score (nSPS) is 31.4. The van der Waals surface area contributed by atoms with Crippen LogP contribution in [0.5, 0.6) is 0 Å². The van der Waals surface area contributed by atoms with E-state index >= 15 is 0 Å². The number of fused-ring (bicyclic) bond motifs is 1. The van der Waals surface area contributed by atoms with Crippen LogP contribution >= 0.6 is 0 Å². The monoisotopic (exact) mass is 386 g/mol. The van der Waals surface area contributed by atoms with Gasteiger partial charge in [0.25, 0.3) is 0 Å². The fourth-order valence-corrected chi connectivity index (χ4v) is 6.76. The standard InChI is InChI=1S/C19H34N2O4S/c1-3-11-20(15-16-7-8-16)18(22)19-9-5-4-6-17(19)21(12-13-25-2)26(23,24)14-10-19/h16-17H,3-15H2,1-2H3/t17-,19-/m1/s1. The van der Waals surface area contributed by atoms with Gasteiger partial charge in [-0.3, -0.25) is 4.79 Å². The Kier molecular flexibility index (Phi) is 6.29. The van der Waals surface area contributed by atoms with Gasteiger partial charge < -0.3 is 9.64 Å². The highest BCUT2D eigenvalue weighted by Crippen LogP contribution is 2.48. The van der Waals surface area contributed by atoms with Gasteiger partial charge in [-0.2, -0.15) is 4.31 Å². The van der Waals surface area contributed by atoms with Crippen LogP contribution < -0.4 is 0 Å². The van der Waals surface area contributed by atoms with Crippen LogP contribution in [-0.4, -0.2) is 68.7 Å². The molecule has 150 valence electrons. The molecule has 0 unspecified atom stereocenters. The van der Waals surface area contributed by atoms with Gasteiger partial charge in [0.05, 0.1) is 17.8 Å². The van der Waals surface area contributed by atoms with Crippen molar-refractivity contribution in [2.75, 3.05) is 39.1 Å². The maximum absolute atomic E-state index is 13.7. The van der Waals surface area contributed by atoms with E-state index in [9.17, 15) is 13.2 Å². The molecule has 0 spiro atoms. The number of methoxy groups -OCH3 is 1. The van der Waals surface area contributed by atoms with Crippen molar-refractivity contribution in [2.24, 2.45) is 11.3 Å². The highest BCUT2D eigenvalue weighted by molar-refractivity contribution is 7.89. The number of hydrogen-bond acceptors (Lipinski definition) is 4. The maximum Gasteiger partial charge on any atom is 0.230 e. The number of nitrogens with zero attached hydrogens (tertiary/aromatic N) is 2. The van der Waals surface area contributed by atoms with Gasteiger partial charge in [0.1, 0.15) is 0 Å². The molecule has 7 heteroatoms. The van der Waals surface area contributed by atoms with Crippen LogP contribution in [0.25, 0.3) is 0 Å². The van der Waals surface area contributed by atoms with E-state index in [-0.39, 0.29) is 17.7 Å². The minimum Gasteiger partial charge on any atom is -0.383 e. The van der Waals surface area contributed by atoms with Crippen molar-refractivity contribution >= 4 is 15.9 Å². The molecular formula is C19H34N2O4S. The molecule has 1 saturated heterocycles. The number of sulfonamides is 1. The van der Waals surface area contributed by atoms with Crippen LogP contribution in [0.1, 0.15) is 58.3 Å². The van der Waals surface area contributed by atoms with Crippen molar-refractivity contribution in [3.63, 3.8) is 0 Å². The summed E-state index contributed by atoms with van der Waals surface area (Å²) in [5.41, 5.74) is -0.526. The Morgan fingerprint density at radius 1 is 1.23 bits per heavy atom. The van der Waals surface area contributed by atoms with Crippen LogP contribution in [0, 0.1) is 11.3 Å². The minimum absolute atomic E-state index is 0.0857. The van der Waals surface area contributed by atoms with Gasteiger partial charge in [0.15, 0.2) is 0 Å². The van der Waals surface area contributed by atoms with E-state index in [0.717, 1.165) is 45.2 Å². The molecule has 0 aromatic heterocycles. The van der Waals surface area contributed by atoms with Gasteiger partial charge in [0, 0.05) is 32.8 Å². The van der Waals surface area contributed by atoms with Crippen molar-refractivity contribution in [1.82, 2.24) is 9.21 Å². The lowest BCUT2D eigenvalue weighted by Gasteiger charge is -2.52. The Bertz CT molecular complexity index is 605. The molecule has 0 aromatic rings. The van der Waals surface area contributed by atoms with Crippen LogP contribution in [0.4, 0.5) is 0 Å². The fraction of sp³-hybridized carbons (Fsp3) is 0.947. The largest absolute Gasteiger partial charge is 0.383 e. The first kappa shape index (κ1) is 20.1. The fourth-order valence-electron chi connectivity index (χ4n) is 4.86. The van der Waals surface area contributed by atoms with Gasteiger partial charge in [-0.25, -0.2) is 8.42 Å². The summed E-state index contributed by atoms with van der Waals surface area (Å²) in [7, 11) is -1.71. The molecule has 26 heavy (non-hydrogen) atoms. The summed E-state index contributed by atoms with van der Waals surface area (Å²) in [4.78, 5) is 15.8. The molecule has 1 heterocycles. The highest BCUT2D eigenvalue weighted by atomic mass is 32.2. The third-order valence-electron chi connectivity index (χ3n) is 6.40. The summed E-state index contributed by atoms with van der Waals surface area (Å²) >= 11 is 0. The van der Waals surface area contributed by atoms with Gasteiger partial charge in [-0.05, 0) is 44.4 Å². The molecule has 0 aromatic carbocycles. The van der Waals surface area contributed by atoms with E-state index in [0.29, 0.717) is 25.5 Å². The molecule has 2 aliphatic carbocycles. The molecular weight excluding hydrogens is 352 g/mol. The Morgan fingerprint density at radius 2 is 2.00 bits per heavy atom. The van der Waals surface area contributed by atoms with Gasteiger partial charge in [-0.1, -0.05) is 19.8 Å². The van der Waals surface area contributed by atoms with Gasteiger partial charge in [0.2, 0.25) is 15.9 Å². The lowest BCUT2D eigenvalue weighted by molar-refractivity contribution is -0.149. The molecule has 2 saturated carbocycles. The Hall–Kier alpha value is -0.660. The molecule has 2 atom stereocenters. The van der Waals surface area contributed by atoms with E-state index in [4.69, 9.17) is 4.74 Å². The molecule has 0 bridgehead atoms. The first-order valence-corrected chi connectivity index (χ1v) is 11.8. The number of hydrogen-bond donors (Lipinski definition) is 0. The van der Waals surface area contributed by atoms with E-state index < -0.39 is 15.4 Å². The summed E-state index contributed by atoms with van der Waals surface area (Å²) in [5.74, 6) is 0.955. The SMILES string of the molecule is CCCN(CC1CC1)C(=O)[C@@]12CCCC[C@H]1N(CCOC)S(=O)(=O)CC2. The Balaban J connectivity index is 1.88. The van der Waals surface area contributed by atoms with Crippen molar-refractivity contribution in [3.05, 3.63) is 0 Å². The van der Waals surface area contributed by atoms with Crippen LogP contribution in [0.15, 0.2) is 0 Å². The molecule has 1 amide bonds. The molecule has 3 aliphatic rings. The average Bonchev–Trinajstić information content (AvgIpc) is 3.44. The summed E-state index contributed by atoms with van der Waals surface area (Å²) < 4.78 is 32.2. The van der Waals surface area contributed by atoms with E-state index in [1.54, 1.807) is 11.4 Å². The van der Waals surface area contributed by atoms with E-state index in [2.05, 4.69) is 11.8 Å². The van der Waals surface area contributed by atoms with Gasteiger partial charge >= 0.3 is 0 Å². The molecule has 0 N–H and O–H groups in total. The van der Waals surface area contributed by atoms with Crippen molar-refractivity contribution in [2.45, 2.75) is 64.3 Å². The third kappa shape index (κ3) is 3.94. The second kappa shape index (κ2) is 8.15. The molecule has 1 aliphatic heterocycles. The predicted molar refractivity (Wildman–Crippen MR) is 101 cm³/mol. The zero-order valence-corrected chi connectivity index (χ0v) is 17.1. The van der Waals surface area contributed by atoms with E-state index in [1.165, 1.54) is 12.8 Å². The molecule has 6 nitrogen and oxygen atoms in total. The maximum atomic E-state index is 13.7. The van der Waals surface area contributed by atoms with Crippen molar-refractivity contribution < 1.29 is 17.9 Å². The quantitative estimate of drug-likeness (QED) is 0.642. The lowest BCUT2D eigenvalue weighted by atomic mass is 9.67. The summed E-state index contributed by atoms with van der Waals surface area (Å²) in [5, 5.41) is 0. The zero-order chi connectivity index (χ0) is 18.8. The van der Waals surface area contributed by atoms with Crippen molar-refractivity contribution in [3.8, 4) is 0 Å². The van der Waals surface area contributed by atoms with Crippen molar-refractivity contribution in [1.29, 1.82) is 0 Å². The molecule has 0 radical (unpaired) electrons. The topological polar surface area (TPSA) is 66.9 Å². The van der Waals surface area contributed by atoms with Crippen LogP contribution in [0.3, 0.4) is 0 Å². The molecule has 3 fully saturated rings. The van der Waals surface area contributed by atoms with Crippen LogP contribution in [-0.2, 0) is 19.6 Å². The Morgan fingerprint density at radius 3 is 2.65 bits per heavy atom. The minimum atomic E-state index is -3.30.